The van der Waals surface area contributed by atoms with E-state index in [-0.39, 0.29) is 18.9 Å². The number of benzene rings is 1. The first-order chi connectivity index (χ1) is 9.61. The van der Waals surface area contributed by atoms with E-state index in [1.807, 2.05) is 0 Å². The summed E-state index contributed by atoms with van der Waals surface area (Å²) in [5.41, 5.74) is -0.325. The molecule has 0 aliphatic carbocycles. The van der Waals surface area contributed by atoms with Gasteiger partial charge in [0, 0.05) is 13.6 Å². The van der Waals surface area contributed by atoms with Crippen LogP contribution in [0.3, 0.4) is 0 Å². The van der Waals surface area contributed by atoms with E-state index < -0.39 is 23.6 Å². The van der Waals surface area contributed by atoms with E-state index in [2.05, 4.69) is 0 Å². The molecule has 1 aromatic carbocycles. The molecule has 0 radical (unpaired) electrons. The van der Waals surface area contributed by atoms with E-state index in [1.54, 1.807) is 0 Å². The zero-order chi connectivity index (χ0) is 16.2. The Balaban J connectivity index is 2.64. The van der Waals surface area contributed by atoms with Crippen molar-refractivity contribution in [2.45, 2.75) is 19.5 Å². The molecule has 0 spiro atoms. The molecule has 0 saturated carbocycles. The molecular formula is C14H16F3NO3. The van der Waals surface area contributed by atoms with Crippen LogP contribution in [0.25, 0.3) is 0 Å². The minimum absolute atomic E-state index is 0.0504. The SMILES string of the molecule is CC(CN(C)C(=O)Cc1ccc(C(F)(F)F)cc1)C(=O)O. The fraction of sp³-hybridized carbons (Fsp3) is 0.429. The highest BCUT2D eigenvalue weighted by Gasteiger charge is 2.30. The quantitative estimate of drug-likeness (QED) is 0.909. The lowest BCUT2D eigenvalue weighted by Crippen LogP contribution is -2.34. The minimum atomic E-state index is -4.41. The van der Waals surface area contributed by atoms with Gasteiger partial charge in [-0.1, -0.05) is 19.1 Å². The molecule has 0 aromatic heterocycles. The molecule has 0 heterocycles. The highest BCUT2D eigenvalue weighted by molar-refractivity contribution is 5.79. The number of carbonyl (C=O) groups excluding carboxylic acids is 1. The van der Waals surface area contributed by atoms with Crippen LogP contribution in [0.5, 0.6) is 0 Å². The average Bonchev–Trinajstić information content (AvgIpc) is 2.37. The molecule has 21 heavy (non-hydrogen) atoms. The smallest absolute Gasteiger partial charge is 0.416 e. The van der Waals surface area contributed by atoms with E-state index in [9.17, 15) is 22.8 Å². The second-order valence-electron chi connectivity index (χ2n) is 4.89. The number of carboxylic acid groups (broad SMARTS) is 1. The number of hydrogen-bond acceptors (Lipinski definition) is 2. The number of amides is 1. The zero-order valence-corrected chi connectivity index (χ0v) is 11.6. The van der Waals surface area contributed by atoms with Crippen LogP contribution in [0.15, 0.2) is 24.3 Å². The number of halogens is 3. The highest BCUT2D eigenvalue weighted by atomic mass is 19.4. The topological polar surface area (TPSA) is 57.6 Å². The molecule has 1 atom stereocenters. The third-order valence-electron chi connectivity index (χ3n) is 3.03. The lowest BCUT2D eigenvalue weighted by Gasteiger charge is -2.19. The normalized spacial score (nSPS) is 12.8. The number of rotatable bonds is 5. The monoisotopic (exact) mass is 303 g/mol. The molecule has 0 aliphatic heterocycles. The second kappa shape index (κ2) is 6.60. The van der Waals surface area contributed by atoms with Crippen molar-refractivity contribution in [1.82, 2.24) is 4.90 Å². The van der Waals surface area contributed by atoms with Crippen LogP contribution in [0, 0.1) is 5.92 Å². The average molecular weight is 303 g/mol. The maximum absolute atomic E-state index is 12.4. The summed E-state index contributed by atoms with van der Waals surface area (Å²) in [6.45, 7) is 1.53. The molecular weight excluding hydrogens is 287 g/mol. The number of nitrogens with zero attached hydrogens (tertiary/aromatic N) is 1. The second-order valence-corrected chi connectivity index (χ2v) is 4.89. The van der Waals surface area contributed by atoms with Crippen molar-refractivity contribution in [3.63, 3.8) is 0 Å². The van der Waals surface area contributed by atoms with Gasteiger partial charge < -0.3 is 10.0 Å². The lowest BCUT2D eigenvalue weighted by molar-refractivity contribution is -0.142. The van der Waals surface area contributed by atoms with Gasteiger partial charge in [0.15, 0.2) is 0 Å². The molecule has 116 valence electrons. The highest BCUT2D eigenvalue weighted by Crippen LogP contribution is 2.29. The Hall–Kier alpha value is -2.05. The summed E-state index contributed by atoms with van der Waals surface area (Å²) in [6.07, 6.45) is -4.47. The van der Waals surface area contributed by atoms with Crippen molar-refractivity contribution >= 4 is 11.9 Å². The van der Waals surface area contributed by atoms with Crippen LogP contribution in [0.2, 0.25) is 0 Å². The minimum Gasteiger partial charge on any atom is -0.481 e. The van der Waals surface area contributed by atoms with Crippen molar-refractivity contribution in [2.75, 3.05) is 13.6 Å². The van der Waals surface area contributed by atoms with E-state index in [0.717, 1.165) is 12.1 Å². The third-order valence-corrected chi connectivity index (χ3v) is 3.03. The molecule has 0 fully saturated rings. The summed E-state index contributed by atoms with van der Waals surface area (Å²) < 4.78 is 37.2. The summed E-state index contributed by atoms with van der Waals surface area (Å²) >= 11 is 0. The third kappa shape index (κ3) is 5.09. The molecule has 1 unspecified atom stereocenters. The Morgan fingerprint density at radius 2 is 1.76 bits per heavy atom. The first kappa shape index (κ1) is 17.0. The van der Waals surface area contributed by atoms with Crippen LogP contribution in [0.4, 0.5) is 13.2 Å². The summed E-state index contributed by atoms with van der Waals surface area (Å²) in [5, 5.41) is 8.76. The summed E-state index contributed by atoms with van der Waals surface area (Å²) in [7, 11) is 1.46. The Morgan fingerprint density at radius 3 is 2.19 bits per heavy atom. The van der Waals surface area contributed by atoms with Gasteiger partial charge in [0.25, 0.3) is 0 Å². The van der Waals surface area contributed by atoms with Crippen LogP contribution in [-0.2, 0) is 22.2 Å². The maximum atomic E-state index is 12.4. The molecule has 0 bridgehead atoms. The van der Waals surface area contributed by atoms with Gasteiger partial charge >= 0.3 is 12.1 Å². The Morgan fingerprint density at radius 1 is 1.24 bits per heavy atom. The number of carbonyl (C=O) groups is 2. The maximum Gasteiger partial charge on any atom is 0.416 e. The fourth-order valence-corrected chi connectivity index (χ4v) is 1.71. The molecule has 4 nitrogen and oxygen atoms in total. The molecule has 1 aromatic rings. The van der Waals surface area contributed by atoms with E-state index in [1.165, 1.54) is 31.0 Å². The van der Waals surface area contributed by atoms with Gasteiger partial charge in [-0.25, -0.2) is 0 Å². The molecule has 7 heteroatoms. The predicted molar refractivity (Wildman–Crippen MR) is 69.6 cm³/mol. The van der Waals surface area contributed by atoms with Crippen LogP contribution < -0.4 is 0 Å². The Kier molecular flexibility index (Phi) is 5.34. The summed E-state index contributed by atoms with van der Waals surface area (Å²) in [6, 6.07) is 4.33. The molecule has 1 rings (SSSR count). The van der Waals surface area contributed by atoms with Gasteiger partial charge in [-0.05, 0) is 17.7 Å². The van der Waals surface area contributed by atoms with Crippen molar-refractivity contribution in [3.8, 4) is 0 Å². The first-order valence-electron chi connectivity index (χ1n) is 6.24. The number of likely N-dealkylation sites (N-methyl/N-ethyl adjacent to an activating group) is 1. The number of hydrogen-bond donors (Lipinski definition) is 1. The van der Waals surface area contributed by atoms with E-state index >= 15 is 0 Å². The molecule has 1 amide bonds. The first-order valence-corrected chi connectivity index (χ1v) is 6.24. The van der Waals surface area contributed by atoms with E-state index in [4.69, 9.17) is 5.11 Å². The molecule has 0 aliphatic rings. The van der Waals surface area contributed by atoms with Crippen LogP contribution >= 0.6 is 0 Å². The van der Waals surface area contributed by atoms with Crippen molar-refractivity contribution in [1.29, 1.82) is 0 Å². The van der Waals surface area contributed by atoms with E-state index in [0.29, 0.717) is 5.56 Å². The van der Waals surface area contributed by atoms with Crippen molar-refractivity contribution < 1.29 is 27.9 Å². The van der Waals surface area contributed by atoms with Gasteiger partial charge in [0.1, 0.15) is 0 Å². The Bertz CT molecular complexity index is 511. The zero-order valence-electron chi connectivity index (χ0n) is 11.6. The van der Waals surface area contributed by atoms with Gasteiger partial charge in [0.2, 0.25) is 5.91 Å². The van der Waals surface area contributed by atoms with Crippen LogP contribution in [0.1, 0.15) is 18.1 Å². The lowest BCUT2D eigenvalue weighted by atomic mass is 10.1. The molecule has 0 saturated heterocycles. The van der Waals surface area contributed by atoms with Crippen molar-refractivity contribution in [2.24, 2.45) is 5.92 Å². The number of aliphatic carboxylic acids is 1. The van der Waals surface area contributed by atoms with Gasteiger partial charge in [-0.3, -0.25) is 9.59 Å². The van der Waals surface area contributed by atoms with Gasteiger partial charge in [-0.2, -0.15) is 13.2 Å². The summed E-state index contributed by atoms with van der Waals surface area (Å²) in [5.74, 6) is -2.06. The van der Waals surface area contributed by atoms with Crippen molar-refractivity contribution in [3.05, 3.63) is 35.4 Å². The largest absolute Gasteiger partial charge is 0.481 e. The number of alkyl halides is 3. The van der Waals surface area contributed by atoms with Crippen LogP contribution in [-0.4, -0.2) is 35.5 Å². The van der Waals surface area contributed by atoms with Gasteiger partial charge in [-0.15, -0.1) is 0 Å². The fourth-order valence-electron chi connectivity index (χ4n) is 1.71. The predicted octanol–water partition coefficient (Wildman–Crippen LogP) is 2.43. The number of carboxylic acids is 1. The van der Waals surface area contributed by atoms with Gasteiger partial charge in [0.05, 0.1) is 17.9 Å². The summed E-state index contributed by atoms with van der Waals surface area (Å²) in [4.78, 5) is 23.8. The molecule has 1 N–H and O–H groups in total. The standard InChI is InChI=1S/C14H16F3NO3/c1-9(13(20)21)8-18(2)12(19)7-10-3-5-11(6-4-10)14(15,16)17/h3-6,9H,7-8H2,1-2H3,(H,20,21). The Labute approximate surface area is 120 Å².